The Morgan fingerprint density at radius 2 is 1.91 bits per heavy atom. The van der Waals surface area contributed by atoms with Crippen molar-refractivity contribution in [2.75, 3.05) is 6.61 Å². The average molecular weight is 310 g/mol. The van der Waals surface area contributed by atoms with Crippen LogP contribution in [-0.4, -0.2) is 28.7 Å². The van der Waals surface area contributed by atoms with Gasteiger partial charge in [0, 0.05) is 11.8 Å². The van der Waals surface area contributed by atoms with Crippen LogP contribution in [0.15, 0.2) is 0 Å². The minimum Gasteiger partial charge on any atom is -0.396 e. The van der Waals surface area contributed by atoms with Crippen LogP contribution in [-0.2, 0) is 4.79 Å². The smallest absolute Gasteiger partial charge is 0.129 e. The van der Waals surface area contributed by atoms with Crippen LogP contribution < -0.4 is 0 Å². The van der Waals surface area contributed by atoms with Crippen LogP contribution in [0, 0.1) is 28.6 Å². The highest BCUT2D eigenvalue weighted by Gasteiger charge is 2.57. The van der Waals surface area contributed by atoms with Crippen molar-refractivity contribution in [1.82, 2.24) is 0 Å². The molecule has 6 atom stereocenters. The molecule has 2 fully saturated rings. The van der Waals surface area contributed by atoms with E-state index in [0.29, 0.717) is 24.2 Å². The monoisotopic (exact) mass is 310 g/mol. The molecular formula is C19H34O3. The molecule has 22 heavy (non-hydrogen) atoms. The van der Waals surface area contributed by atoms with E-state index >= 15 is 0 Å². The van der Waals surface area contributed by atoms with Crippen molar-refractivity contribution in [2.45, 2.75) is 78.7 Å². The van der Waals surface area contributed by atoms with E-state index < -0.39 is 0 Å². The van der Waals surface area contributed by atoms with Crippen molar-refractivity contribution in [2.24, 2.45) is 28.6 Å². The third-order valence-corrected chi connectivity index (χ3v) is 7.14. The van der Waals surface area contributed by atoms with E-state index in [1.807, 2.05) is 0 Å². The second-order valence-electron chi connectivity index (χ2n) is 8.53. The summed E-state index contributed by atoms with van der Waals surface area (Å²) >= 11 is 0. The summed E-state index contributed by atoms with van der Waals surface area (Å²) in [5.74, 6) is 1.94. The average Bonchev–Trinajstić information content (AvgIpc) is 2.46. The first-order valence-corrected chi connectivity index (χ1v) is 9.04. The van der Waals surface area contributed by atoms with E-state index in [9.17, 15) is 15.0 Å². The zero-order valence-electron chi connectivity index (χ0n) is 14.8. The highest BCUT2D eigenvalue weighted by atomic mass is 16.3. The number of aliphatic hydroxyl groups excluding tert-OH is 2. The Labute approximate surface area is 135 Å². The Bertz CT molecular complexity index is 407. The standard InChI is InChI=1S/C19H34O3/c1-13-8-9-16-18(3,15(13)7-5-6-14(2)21)11-10-17(22)19(16,4)12-20/h13,15-17,20,22H,5-12H2,1-4H3/t13-,15+,16-,17+,18-,19-/m0/s1. The molecule has 3 nitrogen and oxygen atoms in total. The fraction of sp³-hybridized carbons (Fsp3) is 0.947. The predicted octanol–water partition coefficient (Wildman–Crippen LogP) is 3.57. The third kappa shape index (κ3) is 2.99. The molecular weight excluding hydrogens is 276 g/mol. The van der Waals surface area contributed by atoms with Crippen LogP contribution in [0.5, 0.6) is 0 Å². The molecule has 2 N–H and O–H groups in total. The molecule has 0 spiro atoms. The molecule has 0 radical (unpaired) electrons. The fourth-order valence-corrected chi connectivity index (χ4v) is 5.72. The molecule has 0 saturated heterocycles. The number of carbonyl (C=O) groups excluding carboxylic acids is 1. The minimum absolute atomic E-state index is 0.0724. The predicted molar refractivity (Wildman–Crippen MR) is 88.5 cm³/mol. The quantitative estimate of drug-likeness (QED) is 0.816. The molecule has 0 aliphatic heterocycles. The van der Waals surface area contributed by atoms with Gasteiger partial charge >= 0.3 is 0 Å². The van der Waals surface area contributed by atoms with Gasteiger partial charge < -0.3 is 15.0 Å². The molecule has 0 bridgehead atoms. The Balaban J connectivity index is 2.21. The minimum atomic E-state index is -0.387. The van der Waals surface area contributed by atoms with Gasteiger partial charge in [0.1, 0.15) is 5.78 Å². The number of carbonyl (C=O) groups is 1. The van der Waals surface area contributed by atoms with Gasteiger partial charge in [0.15, 0.2) is 0 Å². The van der Waals surface area contributed by atoms with Crippen molar-refractivity contribution in [3.05, 3.63) is 0 Å². The van der Waals surface area contributed by atoms with Crippen LogP contribution in [0.1, 0.15) is 72.6 Å². The summed E-state index contributed by atoms with van der Waals surface area (Å²) in [5.41, 5.74) is -0.183. The zero-order valence-corrected chi connectivity index (χ0v) is 14.8. The number of fused-ring (bicyclic) bond motifs is 1. The topological polar surface area (TPSA) is 57.5 Å². The summed E-state index contributed by atoms with van der Waals surface area (Å²) in [5, 5.41) is 20.4. The second-order valence-corrected chi connectivity index (χ2v) is 8.53. The SMILES string of the molecule is CC(=O)CCC[C@@H]1[C@@H](C)CC[C@@H]2[C@](C)(CO)[C@H](O)CC[C@]21C. The molecule has 2 aliphatic carbocycles. The van der Waals surface area contributed by atoms with Gasteiger partial charge in [-0.05, 0) is 62.2 Å². The molecule has 0 amide bonds. The van der Waals surface area contributed by atoms with Gasteiger partial charge in [-0.15, -0.1) is 0 Å². The molecule has 0 heterocycles. The maximum Gasteiger partial charge on any atom is 0.129 e. The van der Waals surface area contributed by atoms with E-state index in [-0.39, 0.29) is 29.3 Å². The molecule has 2 aliphatic rings. The highest BCUT2D eigenvalue weighted by Crippen LogP contribution is 2.62. The Morgan fingerprint density at radius 1 is 1.23 bits per heavy atom. The van der Waals surface area contributed by atoms with Crippen LogP contribution in [0.4, 0.5) is 0 Å². The molecule has 0 aromatic rings. The van der Waals surface area contributed by atoms with Gasteiger partial charge in [0.2, 0.25) is 0 Å². The summed E-state index contributed by atoms with van der Waals surface area (Å²) in [4.78, 5) is 11.3. The number of rotatable bonds is 5. The molecule has 3 heteroatoms. The maximum absolute atomic E-state index is 11.3. The first-order valence-electron chi connectivity index (χ1n) is 9.04. The summed E-state index contributed by atoms with van der Waals surface area (Å²) in [6, 6.07) is 0. The highest BCUT2D eigenvalue weighted by molar-refractivity contribution is 5.75. The second kappa shape index (κ2) is 6.60. The number of Topliss-reactive ketones (excluding diaryl/α,β-unsaturated/α-hetero) is 1. The molecule has 2 rings (SSSR count). The van der Waals surface area contributed by atoms with Crippen molar-refractivity contribution >= 4 is 5.78 Å². The lowest BCUT2D eigenvalue weighted by atomic mass is 9.45. The zero-order chi connectivity index (χ0) is 16.5. The summed E-state index contributed by atoms with van der Waals surface area (Å²) in [7, 11) is 0. The van der Waals surface area contributed by atoms with Crippen LogP contribution in [0.2, 0.25) is 0 Å². The van der Waals surface area contributed by atoms with Crippen molar-refractivity contribution in [1.29, 1.82) is 0 Å². The molecule has 0 unspecified atom stereocenters. The van der Waals surface area contributed by atoms with Crippen LogP contribution >= 0.6 is 0 Å². The summed E-state index contributed by atoms with van der Waals surface area (Å²) in [6.45, 7) is 8.55. The molecule has 128 valence electrons. The summed E-state index contributed by atoms with van der Waals surface area (Å²) < 4.78 is 0. The third-order valence-electron chi connectivity index (χ3n) is 7.14. The first kappa shape index (κ1) is 17.9. The summed E-state index contributed by atoms with van der Waals surface area (Å²) in [6.07, 6.45) is 6.49. The fourth-order valence-electron chi connectivity index (χ4n) is 5.72. The number of hydrogen-bond acceptors (Lipinski definition) is 3. The van der Waals surface area contributed by atoms with E-state index in [1.165, 1.54) is 6.42 Å². The lowest BCUT2D eigenvalue weighted by Crippen LogP contribution is -2.58. The van der Waals surface area contributed by atoms with Crippen LogP contribution in [0.3, 0.4) is 0 Å². The number of aliphatic hydroxyl groups is 2. The maximum atomic E-state index is 11.3. The molecule has 2 saturated carbocycles. The van der Waals surface area contributed by atoms with Gasteiger partial charge in [-0.3, -0.25) is 0 Å². The van der Waals surface area contributed by atoms with Gasteiger partial charge in [0.05, 0.1) is 12.7 Å². The Kier molecular flexibility index (Phi) is 5.38. The van der Waals surface area contributed by atoms with Crippen molar-refractivity contribution in [3.8, 4) is 0 Å². The van der Waals surface area contributed by atoms with Crippen molar-refractivity contribution < 1.29 is 15.0 Å². The largest absolute Gasteiger partial charge is 0.396 e. The lowest BCUT2D eigenvalue weighted by molar-refractivity contribution is -0.172. The van der Waals surface area contributed by atoms with Gasteiger partial charge in [-0.2, -0.15) is 0 Å². The normalized spacial score (nSPS) is 45.4. The van der Waals surface area contributed by atoms with Gasteiger partial charge in [-0.25, -0.2) is 0 Å². The molecule has 0 aromatic heterocycles. The number of hydrogen-bond donors (Lipinski definition) is 2. The van der Waals surface area contributed by atoms with E-state index in [2.05, 4.69) is 20.8 Å². The van der Waals surface area contributed by atoms with E-state index in [0.717, 1.165) is 32.1 Å². The number of ketones is 1. The molecule has 0 aromatic carbocycles. The Hall–Kier alpha value is -0.410. The van der Waals surface area contributed by atoms with E-state index in [1.54, 1.807) is 6.92 Å². The Morgan fingerprint density at radius 3 is 2.50 bits per heavy atom. The lowest BCUT2D eigenvalue weighted by Gasteiger charge is -2.61. The van der Waals surface area contributed by atoms with Crippen LogP contribution in [0.25, 0.3) is 0 Å². The first-order chi connectivity index (χ1) is 10.3. The van der Waals surface area contributed by atoms with Crippen molar-refractivity contribution in [3.63, 3.8) is 0 Å². The van der Waals surface area contributed by atoms with Gasteiger partial charge in [-0.1, -0.05) is 27.2 Å². The van der Waals surface area contributed by atoms with Gasteiger partial charge in [0.25, 0.3) is 0 Å². The van der Waals surface area contributed by atoms with E-state index in [4.69, 9.17) is 0 Å².